The largest absolute Gasteiger partial charge is 0.379 e. The predicted molar refractivity (Wildman–Crippen MR) is 100 cm³/mol. The summed E-state index contributed by atoms with van der Waals surface area (Å²) in [6.07, 6.45) is 4.84. The highest BCUT2D eigenvalue weighted by Gasteiger charge is 2.47. The number of aryl methyl sites for hydroxylation is 1. The van der Waals surface area contributed by atoms with E-state index in [1.165, 1.54) is 5.56 Å². The summed E-state index contributed by atoms with van der Waals surface area (Å²) in [5.74, 6) is 0.512. The van der Waals surface area contributed by atoms with Crippen molar-refractivity contribution < 1.29 is 9.90 Å². The van der Waals surface area contributed by atoms with Crippen LogP contribution in [0, 0.1) is 12.8 Å². The number of nitrogens with one attached hydrogen (secondary N) is 1. The summed E-state index contributed by atoms with van der Waals surface area (Å²) >= 11 is 0. The summed E-state index contributed by atoms with van der Waals surface area (Å²) in [7, 11) is 0. The minimum Gasteiger partial charge on any atom is -0.379 e. The molecule has 2 fully saturated rings. The standard InChI is InChI=1S/C21H32N2O2/c1-16(2)13-20(9-10-20)22-15-21(25)8-5-11-23(19(21)24)14-18-7-4-6-17(3)12-18/h4,6-7,12,16,22,25H,5,8-11,13-15H2,1-3H3. The molecule has 1 saturated heterocycles. The van der Waals surface area contributed by atoms with Crippen molar-refractivity contribution in [1.82, 2.24) is 10.2 Å². The van der Waals surface area contributed by atoms with E-state index in [1.807, 2.05) is 17.0 Å². The Balaban J connectivity index is 1.62. The molecule has 4 heteroatoms. The van der Waals surface area contributed by atoms with Crippen LogP contribution in [0.4, 0.5) is 0 Å². The number of carbonyl (C=O) groups excluding carboxylic acids is 1. The van der Waals surface area contributed by atoms with Crippen LogP contribution in [0.1, 0.15) is 57.1 Å². The third-order valence-electron chi connectivity index (χ3n) is 5.57. The second kappa shape index (κ2) is 7.08. The van der Waals surface area contributed by atoms with Gasteiger partial charge in [0.2, 0.25) is 0 Å². The number of nitrogens with zero attached hydrogens (tertiary/aromatic N) is 1. The monoisotopic (exact) mass is 344 g/mol. The van der Waals surface area contributed by atoms with E-state index in [9.17, 15) is 9.90 Å². The lowest BCUT2D eigenvalue weighted by atomic mass is 9.90. The summed E-state index contributed by atoms with van der Waals surface area (Å²) in [5, 5.41) is 14.6. The van der Waals surface area contributed by atoms with Crippen molar-refractivity contribution in [3.63, 3.8) is 0 Å². The molecule has 138 valence electrons. The van der Waals surface area contributed by atoms with Crippen LogP contribution in [0.2, 0.25) is 0 Å². The number of rotatable bonds is 7. The molecule has 1 aromatic rings. The maximum Gasteiger partial charge on any atom is 0.256 e. The number of likely N-dealkylation sites (tertiary alicyclic amines) is 1. The van der Waals surface area contributed by atoms with Gasteiger partial charge in [-0.25, -0.2) is 0 Å². The molecule has 0 bridgehead atoms. The molecular weight excluding hydrogens is 312 g/mol. The molecule has 0 spiro atoms. The molecule has 1 heterocycles. The quantitative estimate of drug-likeness (QED) is 0.799. The highest BCUT2D eigenvalue weighted by molar-refractivity contribution is 5.86. The first kappa shape index (κ1) is 18.4. The van der Waals surface area contributed by atoms with Crippen LogP contribution in [-0.4, -0.2) is 40.1 Å². The van der Waals surface area contributed by atoms with Gasteiger partial charge in [-0.3, -0.25) is 4.79 Å². The Hall–Kier alpha value is -1.39. The third-order valence-corrected chi connectivity index (χ3v) is 5.57. The number of benzene rings is 1. The topological polar surface area (TPSA) is 52.6 Å². The van der Waals surface area contributed by atoms with Crippen LogP contribution in [0.25, 0.3) is 0 Å². The Morgan fingerprint density at radius 2 is 2.04 bits per heavy atom. The van der Waals surface area contributed by atoms with Crippen LogP contribution in [-0.2, 0) is 11.3 Å². The van der Waals surface area contributed by atoms with Crippen LogP contribution < -0.4 is 5.32 Å². The lowest BCUT2D eigenvalue weighted by Gasteiger charge is -2.39. The minimum atomic E-state index is -1.26. The van der Waals surface area contributed by atoms with E-state index in [-0.39, 0.29) is 11.4 Å². The number of carbonyl (C=O) groups is 1. The molecule has 25 heavy (non-hydrogen) atoms. The lowest BCUT2D eigenvalue weighted by Crippen LogP contribution is -2.59. The Bertz CT molecular complexity index is 624. The van der Waals surface area contributed by atoms with E-state index in [1.54, 1.807) is 0 Å². The van der Waals surface area contributed by atoms with Crippen molar-refractivity contribution in [2.75, 3.05) is 13.1 Å². The van der Waals surface area contributed by atoms with Gasteiger partial charge < -0.3 is 15.3 Å². The number of aliphatic hydroxyl groups is 1. The molecule has 1 aliphatic heterocycles. The van der Waals surface area contributed by atoms with Crippen molar-refractivity contribution >= 4 is 5.91 Å². The Morgan fingerprint density at radius 1 is 1.28 bits per heavy atom. The third kappa shape index (κ3) is 4.42. The molecule has 1 aromatic carbocycles. The maximum atomic E-state index is 12.9. The SMILES string of the molecule is Cc1cccc(CN2CCCC(O)(CNC3(CC(C)C)CC3)C2=O)c1. The molecule has 3 rings (SSSR count). The Kier molecular flexibility index (Phi) is 5.21. The fourth-order valence-electron chi connectivity index (χ4n) is 4.13. The first-order chi connectivity index (χ1) is 11.8. The Morgan fingerprint density at radius 3 is 2.68 bits per heavy atom. The maximum absolute atomic E-state index is 12.9. The first-order valence-electron chi connectivity index (χ1n) is 9.64. The van der Waals surface area contributed by atoms with Gasteiger partial charge in [-0.05, 0) is 50.5 Å². The average Bonchev–Trinajstić information content (AvgIpc) is 3.30. The van der Waals surface area contributed by atoms with Crippen molar-refractivity contribution in [2.45, 2.75) is 70.6 Å². The molecule has 2 aliphatic rings. The van der Waals surface area contributed by atoms with E-state index in [0.717, 1.165) is 37.8 Å². The normalized spacial score (nSPS) is 25.5. The molecule has 2 N–H and O–H groups in total. The number of piperidine rings is 1. The van der Waals surface area contributed by atoms with Gasteiger partial charge in [0.15, 0.2) is 5.60 Å². The highest BCUT2D eigenvalue weighted by atomic mass is 16.3. The van der Waals surface area contributed by atoms with Gasteiger partial charge in [0.1, 0.15) is 0 Å². The fraction of sp³-hybridized carbons (Fsp3) is 0.667. The van der Waals surface area contributed by atoms with Crippen LogP contribution in [0.3, 0.4) is 0 Å². The number of β-amino-alcohol motifs (C(OH)–C–C–N with tert-alkyl or cyclic N) is 1. The molecule has 0 radical (unpaired) electrons. The van der Waals surface area contributed by atoms with Crippen LogP contribution in [0.5, 0.6) is 0 Å². The van der Waals surface area contributed by atoms with E-state index in [2.05, 4.69) is 38.2 Å². The number of hydrogen-bond acceptors (Lipinski definition) is 3. The molecule has 1 unspecified atom stereocenters. The molecule has 1 saturated carbocycles. The van der Waals surface area contributed by atoms with Crippen molar-refractivity contribution in [3.8, 4) is 0 Å². The second-order valence-electron chi connectivity index (χ2n) is 8.58. The highest BCUT2D eigenvalue weighted by Crippen LogP contribution is 2.41. The predicted octanol–water partition coefficient (Wildman–Crippen LogP) is 3.02. The van der Waals surface area contributed by atoms with E-state index in [4.69, 9.17) is 0 Å². The fourth-order valence-corrected chi connectivity index (χ4v) is 4.13. The van der Waals surface area contributed by atoms with Gasteiger partial charge in [-0.15, -0.1) is 0 Å². The summed E-state index contributed by atoms with van der Waals surface area (Å²) in [6.45, 7) is 8.21. The van der Waals surface area contributed by atoms with Crippen LogP contribution >= 0.6 is 0 Å². The molecule has 0 aromatic heterocycles. The zero-order valence-electron chi connectivity index (χ0n) is 15.8. The van der Waals surface area contributed by atoms with Gasteiger partial charge in [0.25, 0.3) is 5.91 Å². The molecule has 1 aliphatic carbocycles. The van der Waals surface area contributed by atoms with E-state index in [0.29, 0.717) is 25.4 Å². The zero-order valence-corrected chi connectivity index (χ0v) is 15.8. The molecule has 1 atom stereocenters. The van der Waals surface area contributed by atoms with E-state index >= 15 is 0 Å². The lowest BCUT2D eigenvalue weighted by molar-refractivity contribution is -0.157. The number of hydrogen-bond donors (Lipinski definition) is 2. The summed E-state index contributed by atoms with van der Waals surface area (Å²) in [4.78, 5) is 14.8. The van der Waals surface area contributed by atoms with Crippen molar-refractivity contribution in [2.24, 2.45) is 5.92 Å². The summed E-state index contributed by atoms with van der Waals surface area (Å²) in [6, 6.07) is 8.25. The van der Waals surface area contributed by atoms with E-state index < -0.39 is 5.60 Å². The summed E-state index contributed by atoms with van der Waals surface area (Å²) in [5.41, 5.74) is 1.23. The van der Waals surface area contributed by atoms with Gasteiger partial charge >= 0.3 is 0 Å². The smallest absolute Gasteiger partial charge is 0.256 e. The van der Waals surface area contributed by atoms with Crippen molar-refractivity contribution in [1.29, 1.82) is 0 Å². The Labute approximate surface area is 151 Å². The molecular formula is C21H32N2O2. The van der Waals surface area contributed by atoms with Gasteiger partial charge in [-0.1, -0.05) is 43.7 Å². The zero-order chi connectivity index (χ0) is 18.1. The molecule has 1 amide bonds. The van der Waals surface area contributed by atoms with Crippen LogP contribution in [0.15, 0.2) is 24.3 Å². The van der Waals surface area contributed by atoms with Crippen molar-refractivity contribution in [3.05, 3.63) is 35.4 Å². The minimum absolute atomic E-state index is 0.117. The first-order valence-corrected chi connectivity index (χ1v) is 9.64. The van der Waals surface area contributed by atoms with Gasteiger partial charge in [-0.2, -0.15) is 0 Å². The number of amides is 1. The average molecular weight is 344 g/mol. The molecule has 4 nitrogen and oxygen atoms in total. The second-order valence-corrected chi connectivity index (χ2v) is 8.58. The van der Waals surface area contributed by atoms with Gasteiger partial charge in [0.05, 0.1) is 0 Å². The summed E-state index contributed by atoms with van der Waals surface area (Å²) < 4.78 is 0. The van der Waals surface area contributed by atoms with Gasteiger partial charge in [0, 0.05) is 25.2 Å².